The van der Waals surface area contributed by atoms with Crippen molar-refractivity contribution < 1.29 is 13.9 Å². The molecule has 0 spiro atoms. The fourth-order valence-electron chi connectivity index (χ4n) is 2.09. The van der Waals surface area contributed by atoms with Crippen LogP contribution in [0.15, 0.2) is 18.2 Å². The zero-order valence-corrected chi connectivity index (χ0v) is 11.3. The Balaban J connectivity index is 2.11. The van der Waals surface area contributed by atoms with Gasteiger partial charge in [-0.15, -0.1) is 0 Å². The van der Waals surface area contributed by atoms with Crippen LogP contribution in [0.2, 0.25) is 0 Å². The summed E-state index contributed by atoms with van der Waals surface area (Å²) < 4.78 is 18.9. The minimum atomic E-state index is -0.446. The second-order valence-corrected chi connectivity index (χ2v) is 4.75. The molecule has 1 aliphatic heterocycles. The van der Waals surface area contributed by atoms with Crippen molar-refractivity contribution in [1.82, 2.24) is 0 Å². The lowest BCUT2D eigenvalue weighted by molar-refractivity contribution is -0.126. The molecular formula is C15H17FN2O2. The van der Waals surface area contributed by atoms with Gasteiger partial charge in [0.15, 0.2) is 0 Å². The van der Waals surface area contributed by atoms with Crippen molar-refractivity contribution in [2.24, 2.45) is 11.7 Å². The van der Waals surface area contributed by atoms with Gasteiger partial charge in [-0.1, -0.05) is 18.8 Å². The second kappa shape index (κ2) is 6.51. The van der Waals surface area contributed by atoms with Crippen molar-refractivity contribution in [3.05, 3.63) is 29.6 Å². The number of ether oxygens (including phenoxy) is 1. The van der Waals surface area contributed by atoms with Gasteiger partial charge in [-0.25, -0.2) is 4.39 Å². The largest absolute Gasteiger partial charge is 0.368 e. The Kier molecular flexibility index (Phi) is 4.72. The van der Waals surface area contributed by atoms with Crippen molar-refractivity contribution in [3.63, 3.8) is 0 Å². The molecule has 1 aliphatic rings. The second-order valence-electron chi connectivity index (χ2n) is 4.75. The van der Waals surface area contributed by atoms with Crippen LogP contribution >= 0.6 is 0 Å². The van der Waals surface area contributed by atoms with Gasteiger partial charge in [0.05, 0.1) is 12.1 Å². The summed E-state index contributed by atoms with van der Waals surface area (Å²) in [4.78, 5) is 12.0. The molecule has 1 heterocycles. The summed E-state index contributed by atoms with van der Waals surface area (Å²) >= 11 is 0. The molecule has 4 nitrogen and oxygen atoms in total. The highest BCUT2D eigenvalue weighted by Crippen LogP contribution is 2.22. The highest BCUT2D eigenvalue weighted by atomic mass is 19.1. The SMILES string of the molecule is CC1CCOC1C(=O)Nc1ccc(F)c(C#CCN)c1. The third-order valence-corrected chi connectivity index (χ3v) is 3.20. The monoisotopic (exact) mass is 276 g/mol. The first-order valence-electron chi connectivity index (χ1n) is 6.52. The van der Waals surface area contributed by atoms with Crippen LogP contribution in [0.5, 0.6) is 0 Å². The Hall–Kier alpha value is -1.90. The Labute approximate surface area is 117 Å². The predicted molar refractivity (Wildman–Crippen MR) is 74.5 cm³/mol. The number of nitrogens with one attached hydrogen (secondary N) is 1. The van der Waals surface area contributed by atoms with E-state index in [0.717, 1.165) is 6.42 Å². The number of amides is 1. The Morgan fingerprint density at radius 1 is 1.60 bits per heavy atom. The van der Waals surface area contributed by atoms with Gasteiger partial charge in [-0.3, -0.25) is 4.79 Å². The average molecular weight is 276 g/mol. The maximum absolute atomic E-state index is 13.5. The Morgan fingerprint density at radius 2 is 2.40 bits per heavy atom. The van der Waals surface area contributed by atoms with Gasteiger partial charge < -0.3 is 15.8 Å². The molecule has 0 saturated carbocycles. The average Bonchev–Trinajstić information content (AvgIpc) is 2.85. The van der Waals surface area contributed by atoms with E-state index in [9.17, 15) is 9.18 Å². The molecule has 1 saturated heterocycles. The summed E-state index contributed by atoms with van der Waals surface area (Å²) in [7, 11) is 0. The highest BCUT2D eigenvalue weighted by molar-refractivity contribution is 5.94. The number of carbonyl (C=O) groups excluding carboxylic acids is 1. The highest BCUT2D eigenvalue weighted by Gasteiger charge is 2.30. The molecule has 106 valence electrons. The molecule has 1 fully saturated rings. The quantitative estimate of drug-likeness (QED) is 0.805. The smallest absolute Gasteiger partial charge is 0.253 e. The van der Waals surface area contributed by atoms with Gasteiger partial charge >= 0.3 is 0 Å². The summed E-state index contributed by atoms with van der Waals surface area (Å²) in [5, 5.41) is 2.73. The van der Waals surface area contributed by atoms with Crippen LogP contribution in [-0.2, 0) is 9.53 Å². The number of benzene rings is 1. The topological polar surface area (TPSA) is 64.3 Å². The van der Waals surface area contributed by atoms with Crippen LogP contribution in [0.3, 0.4) is 0 Å². The summed E-state index contributed by atoms with van der Waals surface area (Å²) in [6, 6.07) is 4.27. The third-order valence-electron chi connectivity index (χ3n) is 3.20. The van der Waals surface area contributed by atoms with E-state index in [1.54, 1.807) is 0 Å². The summed E-state index contributed by atoms with van der Waals surface area (Å²) in [6.07, 6.45) is 0.424. The molecule has 1 aromatic rings. The van der Waals surface area contributed by atoms with E-state index in [1.807, 2.05) is 6.92 Å². The minimum absolute atomic E-state index is 0.156. The summed E-state index contributed by atoms with van der Waals surface area (Å²) in [5.41, 5.74) is 5.98. The van der Waals surface area contributed by atoms with Crippen LogP contribution in [0, 0.1) is 23.6 Å². The van der Waals surface area contributed by atoms with Gasteiger partial charge in [0.2, 0.25) is 0 Å². The predicted octanol–water partition coefficient (Wildman–Crippen LogP) is 1.50. The van der Waals surface area contributed by atoms with Crippen LogP contribution in [0.1, 0.15) is 18.9 Å². The normalized spacial score (nSPS) is 21.1. The fourth-order valence-corrected chi connectivity index (χ4v) is 2.09. The van der Waals surface area contributed by atoms with E-state index >= 15 is 0 Å². The number of hydrogen-bond donors (Lipinski definition) is 2. The molecule has 1 amide bonds. The Morgan fingerprint density at radius 3 is 3.05 bits per heavy atom. The van der Waals surface area contributed by atoms with E-state index in [2.05, 4.69) is 17.2 Å². The van der Waals surface area contributed by atoms with Crippen LogP contribution < -0.4 is 11.1 Å². The van der Waals surface area contributed by atoms with Crippen molar-refractivity contribution in [2.45, 2.75) is 19.4 Å². The minimum Gasteiger partial charge on any atom is -0.368 e. The van der Waals surface area contributed by atoms with Gasteiger partial charge in [0, 0.05) is 12.3 Å². The lowest BCUT2D eigenvalue weighted by Gasteiger charge is -2.14. The number of rotatable bonds is 2. The first-order valence-corrected chi connectivity index (χ1v) is 6.52. The zero-order valence-electron chi connectivity index (χ0n) is 11.3. The molecule has 0 radical (unpaired) electrons. The number of hydrogen-bond acceptors (Lipinski definition) is 3. The molecule has 1 aromatic carbocycles. The number of nitrogens with two attached hydrogens (primary N) is 1. The van der Waals surface area contributed by atoms with E-state index < -0.39 is 11.9 Å². The molecule has 2 atom stereocenters. The van der Waals surface area contributed by atoms with E-state index in [-0.39, 0.29) is 23.9 Å². The molecular weight excluding hydrogens is 259 g/mol. The molecule has 5 heteroatoms. The van der Waals surface area contributed by atoms with Gasteiger partial charge in [-0.05, 0) is 30.5 Å². The number of carbonyl (C=O) groups is 1. The molecule has 3 N–H and O–H groups in total. The number of anilines is 1. The summed E-state index contributed by atoms with van der Waals surface area (Å²) in [6.45, 7) is 2.72. The van der Waals surface area contributed by atoms with Crippen LogP contribution in [0.25, 0.3) is 0 Å². The summed E-state index contributed by atoms with van der Waals surface area (Å²) in [5.74, 6) is 4.76. The maximum Gasteiger partial charge on any atom is 0.253 e. The van der Waals surface area contributed by atoms with Crippen molar-refractivity contribution in [3.8, 4) is 11.8 Å². The lowest BCUT2D eigenvalue weighted by atomic mass is 10.0. The lowest BCUT2D eigenvalue weighted by Crippen LogP contribution is -2.31. The zero-order chi connectivity index (χ0) is 14.5. The molecule has 0 bridgehead atoms. The first-order chi connectivity index (χ1) is 9.61. The maximum atomic E-state index is 13.5. The molecule has 2 unspecified atom stereocenters. The molecule has 0 aromatic heterocycles. The van der Waals surface area contributed by atoms with Gasteiger partial charge in [-0.2, -0.15) is 0 Å². The van der Waals surface area contributed by atoms with Gasteiger partial charge in [0.1, 0.15) is 11.9 Å². The van der Waals surface area contributed by atoms with Crippen molar-refractivity contribution in [1.29, 1.82) is 0 Å². The fraction of sp³-hybridized carbons (Fsp3) is 0.400. The van der Waals surface area contributed by atoms with Crippen LogP contribution in [0.4, 0.5) is 10.1 Å². The molecule has 20 heavy (non-hydrogen) atoms. The number of halogens is 1. The van der Waals surface area contributed by atoms with Crippen molar-refractivity contribution >= 4 is 11.6 Å². The first kappa shape index (κ1) is 14.5. The third kappa shape index (κ3) is 3.35. The standard InChI is InChI=1S/C15H17FN2O2/c1-10-6-8-20-14(10)15(19)18-12-4-5-13(16)11(9-12)3-2-7-17/h4-5,9-10,14H,6-8,17H2,1H3,(H,18,19). The van der Waals surface area contributed by atoms with E-state index in [4.69, 9.17) is 10.5 Å². The Bertz CT molecular complexity index is 563. The van der Waals surface area contributed by atoms with Crippen molar-refractivity contribution in [2.75, 3.05) is 18.5 Å². The van der Waals surface area contributed by atoms with E-state index in [1.165, 1.54) is 18.2 Å². The van der Waals surface area contributed by atoms with Gasteiger partial charge in [0.25, 0.3) is 5.91 Å². The van der Waals surface area contributed by atoms with Crippen LogP contribution in [-0.4, -0.2) is 25.2 Å². The molecule has 0 aliphatic carbocycles. The van der Waals surface area contributed by atoms with E-state index in [0.29, 0.717) is 12.3 Å². The molecule has 2 rings (SSSR count).